The minimum atomic E-state index is -0.796. The lowest BCUT2D eigenvalue weighted by Crippen LogP contribution is -2.62. The van der Waals surface area contributed by atoms with Gasteiger partial charge in [0.1, 0.15) is 12.1 Å². The summed E-state index contributed by atoms with van der Waals surface area (Å²) < 4.78 is 1.26. The molecule has 0 saturated carbocycles. The molecule has 0 radical (unpaired) electrons. The molecule has 2 amide bonds. The molecule has 2 aliphatic rings. The quantitative estimate of drug-likeness (QED) is 0.752. The fourth-order valence-electron chi connectivity index (χ4n) is 3.50. The van der Waals surface area contributed by atoms with Crippen molar-refractivity contribution in [2.75, 3.05) is 13.2 Å². The number of carbonyl (C=O) groups is 2. The minimum Gasteiger partial charge on any atom is -0.394 e. The summed E-state index contributed by atoms with van der Waals surface area (Å²) in [5, 5.41) is 16.5. The third-order valence-electron chi connectivity index (χ3n) is 4.73. The highest BCUT2D eigenvalue weighted by Gasteiger charge is 2.45. The maximum atomic E-state index is 12.2. The van der Waals surface area contributed by atoms with Gasteiger partial charge in [0.25, 0.3) is 0 Å². The Balaban J connectivity index is 1.41. The second-order valence-electron chi connectivity index (χ2n) is 6.31. The van der Waals surface area contributed by atoms with Gasteiger partial charge in [0, 0.05) is 28.7 Å². The molecule has 1 aromatic heterocycles. The number of nitrogens with one attached hydrogen (secondary N) is 2. The molecule has 2 fully saturated rings. The molecule has 3 N–H and O–H groups in total. The van der Waals surface area contributed by atoms with E-state index >= 15 is 0 Å². The molecule has 7 heteroatoms. The van der Waals surface area contributed by atoms with E-state index in [1.54, 1.807) is 16.2 Å². The largest absolute Gasteiger partial charge is 0.394 e. The van der Waals surface area contributed by atoms with Crippen LogP contribution in [0.15, 0.2) is 30.3 Å². The van der Waals surface area contributed by atoms with Crippen molar-refractivity contribution in [2.24, 2.45) is 0 Å². The molecule has 1 aromatic carbocycles. The number of aliphatic hydroxyl groups excluding tert-OH is 1. The molecule has 3 atom stereocenters. The monoisotopic (exact) mass is 345 g/mol. The van der Waals surface area contributed by atoms with Crippen LogP contribution >= 0.6 is 11.3 Å². The van der Waals surface area contributed by atoms with Gasteiger partial charge in [0.2, 0.25) is 11.8 Å². The van der Waals surface area contributed by atoms with Crippen molar-refractivity contribution < 1.29 is 14.7 Å². The van der Waals surface area contributed by atoms with Crippen molar-refractivity contribution >= 4 is 33.2 Å². The number of nitrogens with zero attached hydrogens (tertiary/aromatic N) is 1. The summed E-state index contributed by atoms with van der Waals surface area (Å²) in [6, 6.07) is 9.33. The van der Waals surface area contributed by atoms with Gasteiger partial charge < -0.3 is 20.6 Å². The van der Waals surface area contributed by atoms with Crippen molar-refractivity contribution in [3.63, 3.8) is 0 Å². The van der Waals surface area contributed by atoms with Crippen LogP contribution in [0.2, 0.25) is 0 Å². The number of amides is 2. The Bertz CT molecular complexity index is 757. The first-order valence-corrected chi connectivity index (χ1v) is 8.90. The lowest BCUT2D eigenvalue weighted by Gasteiger charge is -2.33. The molecule has 0 bridgehead atoms. The minimum absolute atomic E-state index is 0.0901. The number of hydrogen-bond donors (Lipinski definition) is 3. The van der Waals surface area contributed by atoms with Gasteiger partial charge in [-0.15, -0.1) is 11.3 Å². The molecule has 24 heavy (non-hydrogen) atoms. The van der Waals surface area contributed by atoms with Crippen LogP contribution in [0.1, 0.15) is 11.3 Å². The fraction of sp³-hybridized carbons (Fsp3) is 0.412. The van der Waals surface area contributed by atoms with Crippen molar-refractivity contribution in [3.8, 4) is 0 Å². The Morgan fingerprint density at radius 1 is 1.33 bits per heavy atom. The molecule has 2 aliphatic heterocycles. The van der Waals surface area contributed by atoms with Gasteiger partial charge in [-0.2, -0.15) is 0 Å². The van der Waals surface area contributed by atoms with Crippen LogP contribution in [-0.4, -0.2) is 53.1 Å². The van der Waals surface area contributed by atoms with Gasteiger partial charge in [-0.3, -0.25) is 9.59 Å². The zero-order chi connectivity index (χ0) is 16.7. The third kappa shape index (κ3) is 2.68. The van der Waals surface area contributed by atoms with Crippen molar-refractivity contribution in [2.45, 2.75) is 31.1 Å². The average molecular weight is 345 g/mol. The highest BCUT2D eigenvalue weighted by atomic mass is 32.1. The fourth-order valence-corrected chi connectivity index (χ4v) is 4.51. The van der Waals surface area contributed by atoms with Gasteiger partial charge >= 0.3 is 0 Å². The number of piperazine rings is 1. The Morgan fingerprint density at radius 3 is 2.96 bits per heavy atom. The first-order chi connectivity index (χ1) is 11.7. The smallest absolute Gasteiger partial charge is 0.248 e. The van der Waals surface area contributed by atoms with E-state index in [1.165, 1.54) is 15.0 Å². The summed E-state index contributed by atoms with van der Waals surface area (Å²) in [4.78, 5) is 27.2. The van der Waals surface area contributed by atoms with Gasteiger partial charge in [-0.25, -0.2) is 0 Å². The Hall–Kier alpha value is -1.96. The van der Waals surface area contributed by atoms with E-state index < -0.39 is 12.1 Å². The number of benzene rings is 1. The Morgan fingerprint density at radius 2 is 2.17 bits per heavy atom. The second-order valence-corrected chi connectivity index (χ2v) is 7.48. The zero-order valence-corrected chi connectivity index (χ0v) is 13.9. The van der Waals surface area contributed by atoms with Crippen LogP contribution < -0.4 is 10.6 Å². The molecule has 0 aliphatic carbocycles. The number of carbonyl (C=O) groups excluding carboxylic acids is 2. The number of rotatable bonds is 4. The van der Waals surface area contributed by atoms with Crippen molar-refractivity contribution in [3.05, 3.63) is 35.2 Å². The molecule has 6 nitrogen and oxygen atoms in total. The first kappa shape index (κ1) is 15.6. The lowest BCUT2D eigenvalue weighted by atomic mass is 10.1. The lowest BCUT2D eigenvalue weighted by molar-refractivity contribution is -0.148. The molecular formula is C17H19N3O3S. The predicted octanol–water partition coefficient (Wildman–Crippen LogP) is 0.451. The van der Waals surface area contributed by atoms with Crippen LogP contribution in [0.5, 0.6) is 0 Å². The number of hydrogen-bond acceptors (Lipinski definition) is 5. The van der Waals surface area contributed by atoms with E-state index in [0.717, 1.165) is 6.54 Å². The maximum absolute atomic E-state index is 12.2. The van der Waals surface area contributed by atoms with Crippen LogP contribution in [0.25, 0.3) is 10.1 Å². The van der Waals surface area contributed by atoms with Crippen LogP contribution in [0.4, 0.5) is 0 Å². The number of aliphatic hydroxyl groups is 1. The second kappa shape index (κ2) is 6.16. The van der Waals surface area contributed by atoms with E-state index in [2.05, 4.69) is 28.8 Å². The number of fused-ring (bicyclic) bond motifs is 2. The molecule has 126 valence electrons. The molecule has 2 saturated heterocycles. The summed E-state index contributed by atoms with van der Waals surface area (Å²) in [5.74, 6) is -0.354. The first-order valence-electron chi connectivity index (χ1n) is 8.08. The van der Waals surface area contributed by atoms with Gasteiger partial charge in [-0.1, -0.05) is 18.2 Å². The van der Waals surface area contributed by atoms with E-state index in [1.807, 2.05) is 12.1 Å². The highest BCUT2D eigenvalue weighted by molar-refractivity contribution is 7.19. The van der Waals surface area contributed by atoms with E-state index in [4.69, 9.17) is 0 Å². The zero-order valence-electron chi connectivity index (χ0n) is 13.1. The molecular weight excluding hydrogens is 326 g/mol. The molecule has 4 rings (SSSR count). The van der Waals surface area contributed by atoms with Crippen LogP contribution in [0.3, 0.4) is 0 Å². The predicted molar refractivity (Wildman–Crippen MR) is 91.6 cm³/mol. The number of thiophene rings is 1. The molecule has 0 spiro atoms. The summed E-state index contributed by atoms with van der Waals surface area (Å²) >= 11 is 1.76. The van der Waals surface area contributed by atoms with E-state index in [0.29, 0.717) is 13.0 Å². The standard InChI is InChI=1S/C17H19N3O3S/c21-9-13-17(23)20-8-11(6-14(20)16(22)19-13)18-7-12-5-10-3-1-2-4-15(10)24-12/h1-5,11,13-14,18,21H,6-9H2,(H,19,22)/t11-,13+,14-/m0/s1. The topological polar surface area (TPSA) is 81.7 Å². The van der Waals surface area contributed by atoms with Gasteiger partial charge in [-0.05, 0) is 23.9 Å². The Kier molecular flexibility index (Phi) is 3.99. The van der Waals surface area contributed by atoms with Crippen LogP contribution in [-0.2, 0) is 16.1 Å². The summed E-state index contributed by atoms with van der Waals surface area (Å²) in [6.07, 6.45) is 0.612. The molecule has 2 aromatic rings. The summed E-state index contributed by atoms with van der Waals surface area (Å²) in [6.45, 7) is 0.885. The van der Waals surface area contributed by atoms with E-state index in [-0.39, 0.29) is 24.5 Å². The van der Waals surface area contributed by atoms with Gasteiger partial charge in [0.05, 0.1) is 6.61 Å². The molecule has 0 unspecified atom stereocenters. The normalized spacial score (nSPS) is 26.7. The third-order valence-corrected chi connectivity index (χ3v) is 5.84. The summed E-state index contributed by atoms with van der Waals surface area (Å²) in [5.41, 5.74) is 0. The SMILES string of the molecule is O=C1N[C@H](CO)C(=O)N2C[C@@H](NCc3cc4ccccc4s3)C[C@@H]12. The van der Waals surface area contributed by atoms with Gasteiger partial charge in [0.15, 0.2) is 0 Å². The maximum Gasteiger partial charge on any atom is 0.248 e. The van der Waals surface area contributed by atoms with E-state index in [9.17, 15) is 14.7 Å². The Labute approximate surface area is 143 Å². The highest BCUT2D eigenvalue weighted by Crippen LogP contribution is 2.26. The average Bonchev–Trinajstić information content (AvgIpc) is 3.20. The molecule has 3 heterocycles. The van der Waals surface area contributed by atoms with Crippen molar-refractivity contribution in [1.82, 2.24) is 15.5 Å². The van der Waals surface area contributed by atoms with Crippen molar-refractivity contribution in [1.29, 1.82) is 0 Å². The summed E-state index contributed by atoms with van der Waals surface area (Å²) in [7, 11) is 0. The van der Waals surface area contributed by atoms with Crippen LogP contribution in [0, 0.1) is 0 Å².